The van der Waals surface area contributed by atoms with Gasteiger partial charge < -0.3 is 15.3 Å². The Balaban J connectivity index is 1.81. The van der Waals surface area contributed by atoms with E-state index in [0.29, 0.717) is 19.5 Å². The smallest absolute Gasteiger partial charge is 0.317 e. The second-order valence-corrected chi connectivity index (χ2v) is 5.95. The molecule has 2 amide bonds. The average molecular weight is 290 g/mol. The van der Waals surface area contributed by atoms with Crippen molar-refractivity contribution < 1.29 is 14.7 Å². The fourth-order valence-electron chi connectivity index (χ4n) is 2.62. The van der Waals surface area contributed by atoms with Crippen LogP contribution in [0, 0.1) is 12.3 Å². The molecule has 0 radical (unpaired) electrons. The standard InChI is InChI=1S/C16H22N2O3/c1-12-5-3-4-6-13(12)7-9-17-15(21)18-10-8-16(2,11-18)14(19)20/h3-6H,7-11H2,1-2H3,(H,17,21)(H,19,20). The molecule has 5 heteroatoms. The number of amides is 2. The zero-order valence-corrected chi connectivity index (χ0v) is 12.6. The number of aliphatic carboxylic acids is 1. The van der Waals surface area contributed by atoms with Crippen molar-refractivity contribution in [1.29, 1.82) is 0 Å². The van der Waals surface area contributed by atoms with Crippen LogP contribution < -0.4 is 5.32 Å². The summed E-state index contributed by atoms with van der Waals surface area (Å²) in [5, 5.41) is 12.0. The minimum atomic E-state index is -0.835. The Kier molecular flexibility index (Phi) is 4.50. The number of nitrogens with one attached hydrogen (secondary N) is 1. The molecule has 1 aliphatic heterocycles. The molecule has 2 N–H and O–H groups in total. The average Bonchev–Trinajstić information content (AvgIpc) is 2.85. The fourth-order valence-corrected chi connectivity index (χ4v) is 2.62. The molecule has 21 heavy (non-hydrogen) atoms. The summed E-state index contributed by atoms with van der Waals surface area (Å²) in [4.78, 5) is 24.8. The molecule has 0 aliphatic carbocycles. The summed E-state index contributed by atoms with van der Waals surface area (Å²) in [5.41, 5.74) is 1.62. The van der Waals surface area contributed by atoms with Gasteiger partial charge in [0.1, 0.15) is 0 Å². The van der Waals surface area contributed by atoms with Crippen LogP contribution in [0.4, 0.5) is 4.79 Å². The largest absolute Gasteiger partial charge is 0.481 e. The Bertz CT molecular complexity index is 544. The van der Waals surface area contributed by atoms with Crippen LogP contribution in [0.25, 0.3) is 0 Å². The summed E-state index contributed by atoms with van der Waals surface area (Å²) in [6, 6.07) is 7.92. The number of likely N-dealkylation sites (tertiary alicyclic amines) is 1. The van der Waals surface area contributed by atoms with Crippen LogP contribution >= 0.6 is 0 Å². The van der Waals surface area contributed by atoms with Crippen LogP contribution in [0.1, 0.15) is 24.5 Å². The highest BCUT2D eigenvalue weighted by atomic mass is 16.4. The van der Waals surface area contributed by atoms with Crippen LogP contribution in [-0.2, 0) is 11.2 Å². The van der Waals surface area contributed by atoms with Crippen LogP contribution in [0.15, 0.2) is 24.3 Å². The summed E-state index contributed by atoms with van der Waals surface area (Å²) in [6.07, 6.45) is 1.29. The van der Waals surface area contributed by atoms with Crippen LogP contribution in [0.5, 0.6) is 0 Å². The van der Waals surface area contributed by atoms with Gasteiger partial charge in [-0.05, 0) is 37.8 Å². The maximum absolute atomic E-state index is 12.1. The lowest BCUT2D eigenvalue weighted by Crippen LogP contribution is -2.41. The molecular formula is C16H22N2O3. The predicted octanol–water partition coefficient (Wildman–Crippen LogP) is 2.04. The molecule has 1 aromatic carbocycles. The van der Waals surface area contributed by atoms with Gasteiger partial charge in [-0.2, -0.15) is 0 Å². The molecule has 2 rings (SSSR count). The van der Waals surface area contributed by atoms with Crippen molar-refractivity contribution in [1.82, 2.24) is 10.2 Å². The number of hydrogen-bond donors (Lipinski definition) is 2. The first kappa shape index (κ1) is 15.4. The maximum Gasteiger partial charge on any atom is 0.317 e. The fraction of sp³-hybridized carbons (Fsp3) is 0.500. The molecule has 0 saturated carbocycles. The van der Waals surface area contributed by atoms with Gasteiger partial charge >= 0.3 is 12.0 Å². The van der Waals surface area contributed by atoms with Crippen molar-refractivity contribution in [3.63, 3.8) is 0 Å². The summed E-state index contributed by atoms with van der Waals surface area (Å²) >= 11 is 0. The van der Waals surface area contributed by atoms with Gasteiger partial charge in [0.15, 0.2) is 0 Å². The number of urea groups is 1. The minimum Gasteiger partial charge on any atom is -0.481 e. The molecule has 1 unspecified atom stereocenters. The summed E-state index contributed by atoms with van der Waals surface area (Å²) in [7, 11) is 0. The zero-order chi connectivity index (χ0) is 15.5. The third-order valence-corrected chi connectivity index (χ3v) is 4.21. The quantitative estimate of drug-likeness (QED) is 0.891. The third-order valence-electron chi connectivity index (χ3n) is 4.21. The molecular weight excluding hydrogens is 268 g/mol. The first-order valence-corrected chi connectivity index (χ1v) is 7.23. The van der Waals surface area contributed by atoms with E-state index in [-0.39, 0.29) is 12.6 Å². The first-order chi connectivity index (χ1) is 9.92. The van der Waals surface area contributed by atoms with Crippen molar-refractivity contribution >= 4 is 12.0 Å². The molecule has 0 bridgehead atoms. The Labute approximate surface area is 125 Å². The molecule has 1 saturated heterocycles. The van der Waals surface area contributed by atoms with E-state index in [4.69, 9.17) is 5.11 Å². The van der Waals surface area contributed by atoms with E-state index >= 15 is 0 Å². The van der Waals surface area contributed by atoms with Crippen molar-refractivity contribution in [2.75, 3.05) is 19.6 Å². The van der Waals surface area contributed by atoms with E-state index < -0.39 is 11.4 Å². The Morgan fingerprint density at radius 3 is 2.71 bits per heavy atom. The highest BCUT2D eigenvalue weighted by Gasteiger charge is 2.42. The number of nitrogens with zero attached hydrogens (tertiary/aromatic N) is 1. The van der Waals surface area contributed by atoms with Crippen molar-refractivity contribution in [3.05, 3.63) is 35.4 Å². The third kappa shape index (κ3) is 3.54. The number of rotatable bonds is 4. The SMILES string of the molecule is Cc1ccccc1CCNC(=O)N1CCC(C)(C(=O)O)C1. The van der Waals surface area contributed by atoms with Gasteiger partial charge in [-0.15, -0.1) is 0 Å². The lowest BCUT2D eigenvalue weighted by molar-refractivity contribution is -0.146. The molecule has 1 atom stereocenters. The maximum atomic E-state index is 12.1. The molecule has 0 aromatic heterocycles. The first-order valence-electron chi connectivity index (χ1n) is 7.23. The van der Waals surface area contributed by atoms with Crippen molar-refractivity contribution in [2.45, 2.75) is 26.7 Å². The monoisotopic (exact) mass is 290 g/mol. The summed E-state index contributed by atoms with van der Waals surface area (Å²) < 4.78 is 0. The number of hydrogen-bond acceptors (Lipinski definition) is 2. The number of carboxylic acids is 1. The second kappa shape index (κ2) is 6.16. The van der Waals surface area contributed by atoms with Gasteiger partial charge in [0.25, 0.3) is 0 Å². The molecule has 0 spiro atoms. The van der Waals surface area contributed by atoms with E-state index in [1.165, 1.54) is 11.1 Å². The van der Waals surface area contributed by atoms with Crippen LogP contribution in [0.2, 0.25) is 0 Å². The van der Waals surface area contributed by atoms with E-state index in [1.54, 1.807) is 11.8 Å². The van der Waals surface area contributed by atoms with Gasteiger partial charge in [-0.25, -0.2) is 4.79 Å². The van der Waals surface area contributed by atoms with Gasteiger partial charge in [0.2, 0.25) is 0 Å². The van der Waals surface area contributed by atoms with Crippen molar-refractivity contribution in [3.8, 4) is 0 Å². The Morgan fingerprint density at radius 2 is 2.10 bits per heavy atom. The Hall–Kier alpha value is -2.04. The normalized spacial score (nSPS) is 21.3. The highest BCUT2D eigenvalue weighted by molar-refractivity contribution is 5.79. The number of carbonyl (C=O) groups is 2. The predicted molar refractivity (Wildman–Crippen MR) is 80.2 cm³/mol. The van der Waals surface area contributed by atoms with E-state index in [2.05, 4.69) is 24.4 Å². The Morgan fingerprint density at radius 1 is 1.38 bits per heavy atom. The molecule has 1 aromatic rings. The summed E-state index contributed by atoms with van der Waals surface area (Å²) in [6.45, 7) is 5.08. The van der Waals surface area contributed by atoms with E-state index in [1.807, 2.05) is 12.1 Å². The van der Waals surface area contributed by atoms with Crippen LogP contribution in [-0.4, -0.2) is 41.6 Å². The van der Waals surface area contributed by atoms with Gasteiger partial charge in [0.05, 0.1) is 5.41 Å². The number of aryl methyl sites for hydroxylation is 1. The topological polar surface area (TPSA) is 69.6 Å². The lowest BCUT2D eigenvalue weighted by Gasteiger charge is -2.20. The van der Waals surface area contributed by atoms with E-state index in [0.717, 1.165) is 6.42 Å². The molecule has 1 heterocycles. The molecule has 5 nitrogen and oxygen atoms in total. The number of carbonyl (C=O) groups excluding carboxylic acids is 1. The number of benzene rings is 1. The summed E-state index contributed by atoms with van der Waals surface area (Å²) in [5.74, 6) is -0.835. The second-order valence-electron chi connectivity index (χ2n) is 5.95. The zero-order valence-electron chi connectivity index (χ0n) is 12.6. The highest BCUT2D eigenvalue weighted by Crippen LogP contribution is 2.29. The minimum absolute atomic E-state index is 0.173. The van der Waals surface area contributed by atoms with Gasteiger partial charge in [-0.3, -0.25) is 4.79 Å². The lowest BCUT2D eigenvalue weighted by atomic mass is 9.90. The van der Waals surface area contributed by atoms with Crippen molar-refractivity contribution in [2.24, 2.45) is 5.41 Å². The van der Waals surface area contributed by atoms with E-state index in [9.17, 15) is 9.59 Å². The van der Waals surface area contributed by atoms with Crippen LogP contribution in [0.3, 0.4) is 0 Å². The van der Waals surface area contributed by atoms with Gasteiger partial charge in [-0.1, -0.05) is 24.3 Å². The van der Waals surface area contributed by atoms with Gasteiger partial charge in [0, 0.05) is 19.6 Å². The number of carboxylic acid groups (broad SMARTS) is 1. The molecule has 114 valence electrons. The molecule has 1 aliphatic rings. The molecule has 1 fully saturated rings.